The third kappa shape index (κ3) is 1.93. The van der Waals surface area contributed by atoms with Crippen molar-refractivity contribution < 1.29 is 19.7 Å². The molecule has 0 saturated carbocycles. The van der Waals surface area contributed by atoms with Crippen LogP contribution in [0.1, 0.15) is 0 Å². The normalized spacial score (nSPS) is 10.1. The number of para-hydroxylation sites is 1. The maximum Gasteiger partial charge on any atom is 0.172 e. The SMILES string of the molecule is COc1ccc(O)c(-c2ccccc2O)c1OC. The standard InChI is InChI=1S/C14H14O4/c1-17-12-8-7-11(16)13(14(12)18-2)9-5-3-4-6-10(9)15/h3-8,15-16H,1-2H3. The molecule has 0 aliphatic heterocycles. The number of rotatable bonds is 3. The van der Waals surface area contributed by atoms with Crippen molar-refractivity contribution in [3.63, 3.8) is 0 Å². The zero-order valence-corrected chi connectivity index (χ0v) is 10.2. The van der Waals surface area contributed by atoms with E-state index in [0.29, 0.717) is 22.6 Å². The second kappa shape index (κ2) is 4.87. The van der Waals surface area contributed by atoms with Crippen LogP contribution in [0.2, 0.25) is 0 Å². The fraction of sp³-hybridized carbons (Fsp3) is 0.143. The number of ether oxygens (including phenoxy) is 2. The molecule has 18 heavy (non-hydrogen) atoms. The molecular weight excluding hydrogens is 232 g/mol. The van der Waals surface area contributed by atoms with Crippen molar-refractivity contribution in [3.05, 3.63) is 36.4 Å². The number of aromatic hydroxyl groups is 2. The Morgan fingerprint density at radius 1 is 0.833 bits per heavy atom. The van der Waals surface area contributed by atoms with Crippen LogP contribution in [0.3, 0.4) is 0 Å². The lowest BCUT2D eigenvalue weighted by Crippen LogP contribution is -1.94. The lowest BCUT2D eigenvalue weighted by atomic mass is 10.0. The number of hydrogen-bond acceptors (Lipinski definition) is 4. The van der Waals surface area contributed by atoms with Gasteiger partial charge in [0.05, 0.1) is 19.8 Å². The third-order valence-corrected chi connectivity index (χ3v) is 2.70. The highest BCUT2D eigenvalue weighted by Gasteiger charge is 2.18. The quantitative estimate of drug-likeness (QED) is 0.874. The van der Waals surface area contributed by atoms with E-state index in [4.69, 9.17) is 9.47 Å². The van der Waals surface area contributed by atoms with E-state index in [1.54, 1.807) is 30.3 Å². The average Bonchev–Trinajstić information content (AvgIpc) is 2.39. The second-order valence-corrected chi connectivity index (χ2v) is 3.71. The highest BCUT2D eigenvalue weighted by atomic mass is 16.5. The average molecular weight is 246 g/mol. The molecule has 0 aliphatic carbocycles. The Labute approximate surface area is 105 Å². The first-order chi connectivity index (χ1) is 8.69. The van der Waals surface area contributed by atoms with Gasteiger partial charge in [0.2, 0.25) is 0 Å². The van der Waals surface area contributed by atoms with Gasteiger partial charge in [-0.2, -0.15) is 0 Å². The molecule has 0 amide bonds. The molecule has 4 heteroatoms. The Balaban J connectivity index is 2.74. The van der Waals surface area contributed by atoms with Gasteiger partial charge in [0.25, 0.3) is 0 Å². The van der Waals surface area contributed by atoms with Crippen LogP contribution < -0.4 is 9.47 Å². The van der Waals surface area contributed by atoms with Gasteiger partial charge < -0.3 is 19.7 Å². The zero-order valence-electron chi connectivity index (χ0n) is 10.2. The molecule has 0 fully saturated rings. The van der Waals surface area contributed by atoms with Gasteiger partial charge in [-0.25, -0.2) is 0 Å². The predicted octanol–water partition coefficient (Wildman–Crippen LogP) is 2.78. The van der Waals surface area contributed by atoms with Gasteiger partial charge in [-0.05, 0) is 18.2 Å². The van der Waals surface area contributed by atoms with E-state index in [-0.39, 0.29) is 11.5 Å². The van der Waals surface area contributed by atoms with E-state index in [1.807, 2.05) is 0 Å². The van der Waals surface area contributed by atoms with E-state index in [9.17, 15) is 10.2 Å². The molecule has 0 aromatic heterocycles. The van der Waals surface area contributed by atoms with Gasteiger partial charge in [0.15, 0.2) is 11.5 Å². The van der Waals surface area contributed by atoms with Crippen molar-refractivity contribution in [1.29, 1.82) is 0 Å². The lowest BCUT2D eigenvalue weighted by molar-refractivity contribution is 0.353. The Hall–Kier alpha value is -2.36. The minimum absolute atomic E-state index is 0.0224. The summed E-state index contributed by atoms with van der Waals surface area (Å²) in [6, 6.07) is 9.84. The fourth-order valence-corrected chi connectivity index (χ4v) is 1.86. The summed E-state index contributed by atoms with van der Waals surface area (Å²) in [7, 11) is 3.00. The van der Waals surface area contributed by atoms with Crippen LogP contribution in [0.5, 0.6) is 23.0 Å². The Morgan fingerprint density at radius 2 is 1.56 bits per heavy atom. The van der Waals surface area contributed by atoms with Gasteiger partial charge in [-0.15, -0.1) is 0 Å². The summed E-state index contributed by atoms with van der Waals surface area (Å²) >= 11 is 0. The van der Waals surface area contributed by atoms with Crippen LogP contribution in [-0.2, 0) is 0 Å². The summed E-state index contributed by atoms with van der Waals surface area (Å²) in [5.74, 6) is 0.973. The van der Waals surface area contributed by atoms with Gasteiger partial charge in [0.1, 0.15) is 11.5 Å². The maximum absolute atomic E-state index is 9.97. The first kappa shape index (κ1) is 12.1. The van der Waals surface area contributed by atoms with Gasteiger partial charge in [-0.3, -0.25) is 0 Å². The van der Waals surface area contributed by atoms with Crippen LogP contribution in [0, 0.1) is 0 Å². The van der Waals surface area contributed by atoms with Crippen molar-refractivity contribution in [3.8, 4) is 34.1 Å². The molecular formula is C14H14O4. The van der Waals surface area contributed by atoms with Crippen molar-refractivity contribution in [1.82, 2.24) is 0 Å². The molecule has 0 saturated heterocycles. The minimum atomic E-state index is 0.0224. The van der Waals surface area contributed by atoms with Crippen LogP contribution >= 0.6 is 0 Å². The Bertz CT molecular complexity index is 564. The predicted molar refractivity (Wildman–Crippen MR) is 68.3 cm³/mol. The Kier molecular flexibility index (Phi) is 3.28. The van der Waals surface area contributed by atoms with E-state index in [2.05, 4.69) is 0 Å². The summed E-state index contributed by atoms with van der Waals surface area (Å²) in [5, 5.41) is 19.8. The topological polar surface area (TPSA) is 58.9 Å². The van der Waals surface area contributed by atoms with E-state index in [0.717, 1.165) is 0 Å². The largest absolute Gasteiger partial charge is 0.507 e. The highest BCUT2D eigenvalue weighted by molar-refractivity contribution is 5.82. The number of benzene rings is 2. The van der Waals surface area contributed by atoms with Crippen LogP contribution in [-0.4, -0.2) is 24.4 Å². The van der Waals surface area contributed by atoms with E-state index < -0.39 is 0 Å². The van der Waals surface area contributed by atoms with Crippen molar-refractivity contribution >= 4 is 0 Å². The summed E-state index contributed by atoms with van der Waals surface area (Å²) in [6.45, 7) is 0. The molecule has 0 atom stereocenters. The summed E-state index contributed by atoms with van der Waals surface area (Å²) in [5.41, 5.74) is 0.903. The Morgan fingerprint density at radius 3 is 2.17 bits per heavy atom. The minimum Gasteiger partial charge on any atom is -0.507 e. The van der Waals surface area contributed by atoms with Crippen molar-refractivity contribution in [2.24, 2.45) is 0 Å². The molecule has 4 nitrogen and oxygen atoms in total. The summed E-state index contributed by atoms with van der Waals surface area (Å²) < 4.78 is 10.4. The third-order valence-electron chi connectivity index (χ3n) is 2.70. The number of hydrogen-bond donors (Lipinski definition) is 2. The first-order valence-electron chi connectivity index (χ1n) is 5.41. The lowest BCUT2D eigenvalue weighted by Gasteiger charge is -2.15. The number of methoxy groups -OCH3 is 2. The monoisotopic (exact) mass is 246 g/mol. The summed E-state index contributed by atoms with van der Waals surface area (Å²) in [6.07, 6.45) is 0. The zero-order chi connectivity index (χ0) is 13.1. The van der Waals surface area contributed by atoms with Crippen LogP contribution in [0.4, 0.5) is 0 Å². The van der Waals surface area contributed by atoms with E-state index in [1.165, 1.54) is 20.3 Å². The number of phenolic OH excluding ortho intramolecular Hbond substituents is 2. The molecule has 0 radical (unpaired) electrons. The molecule has 0 heterocycles. The summed E-state index contributed by atoms with van der Waals surface area (Å²) in [4.78, 5) is 0. The number of phenols is 2. The second-order valence-electron chi connectivity index (χ2n) is 3.71. The molecule has 0 aliphatic rings. The van der Waals surface area contributed by atoms with Crippen molar-refractivity contribution in [2.45, 2.75) is 0 Å². The van der Waals surface area contributed by atoms with Gasteiger partial charge in [-0.1, -0.05) is 18.2 Å². The highest BCUT2D eigenvalue weighted by Crippen LogP contribution is 2.46. The smallest absolute Gasteiger partial charge is 0.172 e. The molecule has 2 aromatic carbocycles. The molecule has 2 N–H and O–H groups in total. The van der Waals surface area contributed by atoms with Crippen LogP contribution in [0.15, 0.2) is 36.4 Å². The molecule has 2 rings (SSSR count). The van der Waals surface area contributed by atoms with E-state index >= 15 is 0 Å². The molecule has 0 spiro atoms. The van der Waals surface area contributed by atoms with Gasteiger partial charge >= 0.3 is 0 Å². The molecule has 94 valence electrons. The maximum atomic E-state index is 9.97. The van der Waals surface area contributed by atoms with Crippen molar-refractivity contribution in [2.75, 3.05) is 14.2 Å². The fourth-order valence-electron chi connectivity index (χ4n) is 1.86. The van der Waals surface area contributed by atoms with Gasteiger partial charge in [0, 0.05) is 5.56 Å². The first-order valence-corrected chi connectivity index (χ1v) is 5.41. The molecule has 0 bridgehead atoms. The molecule has 0 unspecified atom stereocenters. The van der Waals surface area contributed by atoms with Crippen LogP contribution in [0.25, 0.3) is 11.1 Å². The molecule has 2 aromatic rings.